The van der Waals surface area contributed by atoms with E-state index >= 15 is 0 Å². The molecule has 26 heavy (non-hydrogen) atoms. The van der Waals surface area contributed by atoms with Crippen LogP contribution in [0.2, 0.25) is 5.02 Å². The molecule has 0 unspecified atom stereocenters. The van der Waals surface area contributed by atoms with Crippen molar-refractivity contribution in [1.29, 1.82) is 0 Å². The van der Waals surface area contributed by atoms with Crippen molar-refractivity contribution in [2.24, 2.45) is 0 Å². The van der Waals surface area contributed by atoms with Crippen molar-refractivity contribution < 1.29 is 14.3 Å². The first kappa shape index (κ1) is 16.9. The van der Waals surface area contributed by atoms with Gasteiger partial charge in [0.05, 0.1) is 18.2 Å². The average molecular weight is 392 g/mol. The maximum Gasteiger partial charge on any atom is 0.271 e. The Balaban J connectivity index is 1.54. The first-order valence-corrected chi connectivity index (χ1v) is 9.20. The number of aromatic nitrogens is 2. The van der Waals surface area contributed by atoms with Crippen LogP contribution in [0, 0.1) is 0 Å². The van der Waals surface area contributed by atoms with Gasteiger partial charge in [0.25, 0.3) is 11.5 Å². The molecule has 0 aliphatic carbocycles. The summed E-state index contributed by atoms with van der Waals surface area (Å²) in [4.78, 5) is 29.4. The zero-order valence-electron chi connectivity index (χ0n) is 13.5. The molecule has 0 saturated carbocycles. The number of ether oxygens (including phenoxy) is 2. The molecule has 9 heteroatoms. The Morgan fingerprint density at radius 1 is 1.35 bits per heavy atom. The summed E-state index contributed by atoms with van der Waals surface area (Å²) >= 11 is 7.58. The summed E-state index contributed by atoms with van der Waals surface area (Å²) in [5.74, 6) is 0.580. The summed E-state index contributed by atoms with van der Waals surface area (Å²) < 4.78 is 12.6. The van der Waals surface area contributed by atoms with Crippen molar-refractivity contribution in [3.8, 4) is 11.5 Å². The Bertz CT molecular complexity index is 1050. The first-order chi connectivity index (χ1) is 12.6. The van der Waals surface area contributed by atoms with E-state index in [4.69, 9.17) is 21.1 Å². The number of nitrogens with one attached hydrogen (secondary N) is 1. The highest BCUT2D eigenvalue weighted by atomic mass is 35.5. The SMILES string of the molecule is O=C(NCc1cc(Cl)c2c(c1)OCCCO2)c1cnc2sccn2c1=O. The van der Waals surface area contributed by atoms with Crippen LogP contribution < -0.4 is 20.3 Å². The molecule has 1 amide bonds. The number of carbonyl (C=O) groups excluding carboxylic acids is 1. The zero-order valence-corrected chi connectivity index (χ0v) is 15.1. The number of benzene rings is 1. The van der Waals surface area contributed by atoms with E-state index in [1.807, 2.05) is 0 Å². The monoisotopic (exact) mass is 391 g/mol. The fraction of sp³-hybridized carbons (Fsp3) is 0.235. The molecule has 134 valence electrons. The van der Waals surface area contributed by atoms with Gasteiger partial charge in [-0.15, -0.1) is 11.3 Å². The molecule has 0 fully saturated rings. The van der Waals surface area contributed by atoms with E-state index in [0.717, 1.165) is 12.0 Å². The molecule has 0 saturated heterocycles. The summed E-state index contributed by atoms with van der Waals surface area (Å²) in [5, 5.41) is 4.89. The van der Waals surface area contributed by atoms with Crippen LogP contribution in [0.3, 0.4) is 0 Å². The van der Waals surface area contributed by atoms with Gasteiger partial charge in [0, 0.05) is 30.7 Å². The summed E-state index contributed by atoms with van der Waals surface area (Å²) in [6, 6.07) is 3.49. The minimum absolute atomic E-state index is 0.0126. The van der Waals surface area contributed by atoms with Gasteiger partial charge in [-0.25, -0.2) is 4.98 Å². The van der Waals surface area contributed by atoms with Crippen LogP contribution in [0.4, 0.5) is 0 Å². The Hall–Kier alpha value is -2.58. The predicted molar refractivity (Wildman–Crippen MR) is 97.6 cm³/mol. The van der Waals surface area contributed by atoms with Crippen LogP contribution >= 0.6 is 22.9 Å². The number of hydrogen-bond acceptors (Lipinski definition) is 6. The van der Waals surface area contributed by atoms with E-state index < -0.39 is 11.5 Å². The summed E-state index contributed by atoms with van der Waals surface area (Å²) in [6.07, 6.45) is 3.67. The number of thiazole rings is 1. The lowest BCUT2D eigenvalue weighted by Gasteiger charge is -2.12. The van der Waals surface area contributed by atoms with Gasteiger partial charge in [0.15, 0.2) is 16.5 Å². The van der Waals surface area contributed by atoms with Crippen molar-refractivity contribution in [2.45, 2.75) is 13.0 Å². The minimum atomic E-state index is -0.494. The zero-order chi connectivity index (χ0) is 18.1. The molecule has 7 nitrogen and oxygen atoms in total. The van der Waals surface area contributed by atoms with E-state index in [1.54, 1.807) is 23.7 Å². The molecule has 0 spiro atoms. The van der Waals surface area contributed by atoms with Gasteiger partial charge in [-0.1, -0.05) is 11.6 Å². The van der Waals surface area contributed by atoms with Crippen LogP contribution in [0.15, 0.2) is 34.7 Å². The Kier molecular flexibility index (Phi) is 4.52. The van der Waals surface area contributed by atoms with Crippen LogP contribution in [-0.2, 0) is 6.54 Å². The number of amides is 1. The van der Waals surface area contributed by atoms with E-state index in [1.165, 1.54) is 21.9 Å². The second kappa shape index (κ2) is 6.97. The lowest BCUT2D eigenvalue weighted by molar-refractivity contribution is 0.0949. The van der Waals surface area contributed by atoms with Crippen LogP contribution in [-0.4, -0.2) is 28.5 Å². The third-order valence-corrected chi connectivity index (χ3v) is 4.95. The third-order valence-electron chi connectivity index (χ3n) is 3.90. The van der Waals surface area contributed by atoms with Crippen molar-refractivity contribution in [3.63, 3.8) is 0 Å². The second-order valence-electron chi connectivity index (χ2n) is 5.67. The number of carbonyl (C=O) groups is 1. The number of halogens is 1. The average Bonchev–Trinajstić information content (AvgIpc) is 2.98. The van der Waals surface area contributed by atoms with Crippen molar-refractivity contribution >= 4 is 33.8 Å². The topological polar surface area (TPSA) is 81.9 Å². The van der Waals surface area contributed by atoms with Gasteiger partial charge < -0.3 is 14.8 Å². The molecule has 1 aliphatic rings. The molecule has 1 N–H and O–H groups in total. The minimum Gasteiger partial charge on any atom is -0.489 e. The molecule has 0 bridgehead atoms. The maximum atomic E-state index is 12.4. The fourth-order valence-corrected chi connectivity index (χ4v) is 3.61. The molecule has 1 aliphatic heterocycles. The van der Waals surface area contributed by atoms with Crippen molar-refractivity contribution in [2.75, 3.05) is 13.2 Å². The molecular weight excluding hydrogens is 378 g/mol. The second-order valence-corrected chi connectivity index (χ2v) is 6.95. The Labute approximate surface area is 157 Å². The number of hydrogen-bond donors (Lipinski definition) is 1. The molecule has 3 heterocycles. The smallest absolute Gasteiger partial charge is 0.271 e. The van der Waals surface area contributed by atoms with Gasteiger partial charge in [-0.2, -0.15) is 0 Å². The standard InChI is InChI=1S/C17H14ClN3O4S/c18-12-6-10(7-13-14(12)25-4-1-3-24-13)8-19-15(22)11-9-20-17-21(16(11)23)2-5-26-17/h2,5-7,9H,1,3-4,8H2,(H,19,22). The van der Waals surface area contributed by atoms with Crippen LogP contribution in [0.1, 0.15) is 22.3 Å². The van der Waals surface area contributed by atoms with Gasteiger partial charge in [-0.3, -0.25) is 14.0 Å². The third kappa shape index (κ3) is 3.13. The van der Waals surface area contributed by atoms with Gasteiger partial charge in [0.1, 0.15) is 5.56 Å². The summed E-state index contributed by atoms with van der Waals surface area (Å²) in [7, 11) is 0. The quantitative estimate of drug-likeness (QED) is 0.741. The maximum absolute atomic E-state index is 12.4. The van der Waals surface area contributed by atoms with Crippen molar-refractivity contribution in [1.82, 2.24) is 14.7 Å². The van der Waals surface area contributed by atoms with E-state index in [0.29, 0.717) is 34.7 Å². The lowest BCUT2D eigenvalue weighted by Crippen LogP contribution is -2.30. The molecule has 4 rings (SSSR count). The molecule has 1 aromatic carbocycles. The summed E-state index contributed by atoms with van der Waals surface area (Å²) in [6.45, 7) is 1.29. The number of nitrogens with zero attached hydrogens (tertiary/aromatic N) is 2. The van der Waals surface area contributed by atoms with Gasteiger partial charge in [-0.05, 0) is 17.7 Å². The molecular formula is C17H14ClN3O4S. The van der Waals surface area contributed by atoms with E-state index in [2.05, 4.69) is 10.3 Å². The number of rotatable bonds is 3. The Morgan fingerprint density at radius 2 is 2.19 bits per heavy atom. The normalized spacial score (nSPS) is 13.4. The van der Waals surface area contributed by atoms with Crippen LogP contribution in [0.5, 0.6) is 11.5 Å². The Morgan fingerprint density at radius 3 is 3.08 bits per heavy atom. The molecule has 3 aromatic rings. The predicted octanol–water partition coefficient (Wildman–Crippen LogP) is 2.50. The fourth-order valence-electron chi connectivity index (χ4n) is 2.64. The number of fused-ring (bicyclic) bond motifs is 2. The van der Waals surface area contributed by atoms with E-state index in [-0.39, 0.29) is 12.1 Å². The van der Waals surface area contributed by atoms with Crippen LogP contribution in [0.25, 0.3) is 4.96 Å². The first-order valence-electron chi connectivity index (χ1n) is 7.94. The van der Waals surface area contributed by atoms with Gasteiger partial charge >= 0.3 is 0 Å². The van der Waals surface area contributed by atoms with E-state index in [9.17, 15) is 9.59 Å². The molecule has 0 atom stereocenters. The lowest BCUT2D eigenvalue weighted by atomic mass is 10.2. The van der Waals surface area contributed by atoms with Gasteiger partial charge in [0.2, 0.25) is 0 Å². The highest BCUT2D eigenvalue weighted by Crippen LogP contribution is 2.37. The molecule has 2 aromatic heterocycles. The largest absolute Gasteiger partial charge is 0.489 e. The molecule has 0 radical (unpaired) electrons. The van der Waals surface area contributed by atoms with Crippen molar-refractivity contribution in [3.05, 3.63) is 56.4 Å². The highest BCUT2D eigenvalue weighted by Gasteiger charge is 2.17. The highest BCUT2D eigenvalue weighted by molar-refractivity contribution is 7.15. The summed E-state index contributed by atoms with van der Waals surface area (Å²) in [5.41, 5.74) is 0.337.